The average Bonchev–Trinajstić information content (AvgIpc) is 3.25. The lowest BCUT2D eigenvalue weighted by molar-refractivity contribution is 1.28. The Morgan fingerprint density at radius 2 is 0.642 bits per heavy atom. The molecule has 1 nitrogen and oxygen atoms in total. The van der Waals surface area contributed by atoms with Crippen LogP contribution in [0.4, 0.5) is 17.1 Å². The molecule has 0 heterocycles. The average molecular weight is 676 g/mol. The molecule has 53 heavy (non-hydrogen) atoms. The van der Waals surface area contributed by atoms with Crippen molar-refractivity contribution in [2.45, 2.75) is 0 Å². The maximum absolute atomic E-state index is 2.38. The number of anilines is 3. The lowest BCUT2D eigenvalue weighted by Gasteiger charge is -2.27. The van der Waals surface area contributed by atoms with Gasteiger partial charge >= 0.3 is 0 Å². The number of rotatable bonds is 8. The highest BCUT2D eigenvalue weighted by Gasteiger charge is 2.16. The molecule has 0 amide bonds. The van der Waals surface area contributed by atoms with Crippen LogP contribution in [-0.4, -0.2) is 0 Å². The van der Waals surface area contributed by atoms with E-state index in [0.29, 0.717) is 0 Å². The Morgan fingerprint density at radius 1 is 0.226 bits per heavy atom. The summed E-state index contributed by atoms with van der Waals surface area (Å²) in [5.41, 5.74) is 15.3. The van der Waals surface area contributed by atoms with Crippen LogP contribution < -0.4 is 4.90 Å². The van der Waals surface area contributed by atoms with Crippen LogP contribution in [0, 0.1) is 0 Å². The van der Waals surface area contributed by atoms with E-state index >= 15 is 0 Å². The molecule has 0 bridgehead atoms. The molecule has 0 atom stereocenters. The quantitative estimate of drug-likeness (QED) is 0.155. The van der Waals surface area contributed by atoms with E-state index in [-0.39, 0.29) is 0 Å². The number of hydrogen-bond donors (Lipinski definition) is 0. The van der Waals surface area contributed by atoms with Crippen molar-refractivity contribution in [3.8, 4) is 55.6 Å². The van der Waals surface area contributed by atoms with Gasteiger partial charge in [-0.15, -0.1) is 0 Å². The molecule has 9 aromatic carbocycles. The van der Waals surface area contributed by atoms with Gasteiger partial charge in [-0.2, -0.15) is 0 Å². The first kappa shape index (κ1) is 32.0. The second-order valence-electron chi connectivity index (χ2n) is 13.4. The topological polar surface area (TPSA) is 3.24 Å². The van der Waals surface area contributed by atoms with Crippen molar-refractivity contribution >= 4 is 27.8 Å². The van der Waals surface area contributed by atoms with Gasteiger partial charge in [-0.05, 0) is 121 Å². The number of hydrogen-bond acceptors (Lipinski definition) is 1. The highest BCUT2D eigenvalue weighted by Crippen LogP contribution is 2.40. The molecule has 1 heteroatoms. The molecular formula is C52H37N. The van der Waals surface area contributed by atoms with E-state index in [4.69, 9.17) is 0 Å². The fourth-order valence-electron chi connectivity index (χ4n) is 7.38. The summed E-state index contributed by atoms with van der Waals surface area (Å²) in [7, 11) is 0. The normalized spacial score (nSPS) is 11.0. The lowest BCUT2D eigenvalue weighted by Crippen LogP contribution is -2.10. The van der Waals surface area contributed by atoms with Gasteiger partial charge in [0.1, 0.15) is 0 Å². The van der Waals surface area contributed by atoms with Crippen LogP contribution in [-0.2, 0) is 0 Å². The zero-order chi connectivity index (χ0) is 35.4. The third kappa shape index (κ3) is 6.65. The Morgan fingerprint density at radius 3 is 1.23 bits per heavy atom. The van der Waals surface area contributed by atoms with E-state index in [2.05, 4.69) is 229 Å². The third-order valence-electron chi connectivity index (χ3n) is 10.0. The first-order valence-corrected chi connectivity index (χ1v) is 18.2. The predicted molar refractivity (Wildman–Crippen MR) is 226 cm³/mol. The van der Waals surface area contributed by atoms with Gasteiger partial charge in [-0.1, -0.05) is 170 Å². The minimum Gasteiger partial charge on any atom is -0.310 e. The molecule has 9 aromatic rings. The number of benzene rings is 9. The molecular weight excluding hydrogens is 639 g/mol. The van der Waals surface area contributed by atoms with E-state index in [9.17, 15) is 0 Å². The monoisotopic (exact) mass is 675 g/mol. The van der Waals surface area contributed by atoms with Crippen LogP contribution in [0.3, 0.4) is 0 Å². The van der Waals surface area contributed by atoms with Crippen molar-refractivity contribution in [1.29, 1.82) is 0 Å². The molecule has 0 aliphatic rings. The first-order valence-electron chi connectivity index (χ1n) is 18.2. The summed E-state index contributed by atoms with van der Waals surface area (Å²) in [5.74, 6) is 0. The molecule has 0 unspecified atom stereocenters. The Kier molecular flexibility index (Phi) is 8.66. The van der Waals surface area contributed by atoms with Crippen molar-refractivity contribution < 1.29 is 0 Å². The van der Waals surface area contributed by atoms with Crippen LogP contribution in [0.5, 0.6) is 0 Å². The molecule has 0 fully saturated rings. The summed E-state index contributed by atoms with van der Waals surface area (Å²) in [6.07, 6.45) is 0. The summed E-state index contributed by atoms with van der Waals surface area (Å²) in [5, 5.41) is 2.49. The van der Waals surface area contributed by atoms with Crippen molar-refractivity contribution in [3.63, 3.8) is 0 Å². The van der Waals surface area contributed by atoms with Gasteiger partial charge in [-0.25, -0.2) is 0 Å². The van der Waals surface area contributed by atoms with Crippen molar-refractivity contribution in [1.82, 2.24) is 0 Å². The van der Waals surface area contributed by atoms with Crippen LogP contribution >= 0.6 is 0 Å². The molecule has 0 N–H and O–H groups in total. The Hall–Kier alpha value is -6.96. The molecule has 0 saturated heterocycles. The maximum Gasteiger partial charge on any atom is 0.0467 e. The second-order valence-corrected chi connectivity index (χ2v) is 13.4. The lowest BCUT2D eigenvalue weighted by atomic mass is 9.93. The third-order valence-corrected chi connectivity index (χ3v) is 10.0. The largest absolute Gasteiger partial charge is 0.310 e. The highest BCUT2D eigenvalue weighted by molar-refractivity contribution is 5.97. The molecule has 0 saturated carbocycles. The van der Waals surface area contributed by atoms with Crippen molar-refractivity contribution in [2.75, 3.05) is 4.90 Å². The summed E-state index contributed by atoms with van der Waals surface area (Å²) in [6, 6.07) is 80.9. The fourth-order valence-corrected chi connectivity index (χ4v) is 7.38. The Balaban J connectivity index is 1.16. The predicted octanol–water partition coefficient (Wildman–Crippen LogP) is 14.6. The summed E-state index contributed by atoms with van der Waals surface area (Å²) >= 11 is 0. The minimum absolute atomic E-state index is 1.09. The van der Waals surface area contributed by atoms with E-state index < -0.39 is 0 Å². The summed E-state index contributed by atoms with van der Waals surface area (Å²) < 4.78 is 0. The molecule has 250 valence electrons. The van der Waals surface area contributed by atoms with Gasteiger partial charge < -0.3 is 4.90 Å². The minimum atomic E-state index is 1.09. The van der Waals surface area contributed by atoms with Gasteiger partial charge in [0.15, 0.2) is 0 Å². The van der Waals surface area contributed by atoms with E-state index in [1.54, 1.807) is 0 Å². The number of fused-ring (bicyclic) bond motifs is 1. The smallest absolute Gasteiger partial charge is 0.0467 e. The fraction of sp³-hybridized carbons (Fsp3) is 0. The SMILES string of the molecule is c1ccc(-c2cc(-c3ccccc3)cc(-c3ccc(N(c4cccc(-c5ccccc5)c4)c4cccc(-c5cccc6ccccc56)c4)cc3)c2)cc1. The number of nitrogens with zero attached hydrogens (tertiary/aromatic N) is 1. The van der Waals surface area contributed by atoms with Crippen LogP contribution in [0.25, 0.3) is 66.4 Å². The van der Waals surface area contributed by atoms with E-state index in [1.807, 2.05) is 0 Å². The molecule has 0 aliphatic heterocycles. The van der Waals surface area contributed by atoms with Gasteiger partial charge in [0.25, 0.3) is 0 Å². The second kappa shape index (κ2) is 14.3. The highest BCUT2D eigenvalue weighted by atomic mass is 15.1. The molecule has 0 aromatic heterocycles. The van der Waals surface area contributed by atoms with Crippen molar-refractivity contribution in [2.24, 2.45) is 0 Å². The maximum atomic E-state index is 2.38. The van der Waals surface area contributed by atoms with Gasteiger partial charge in [0.2, 0.25) is 0 Å². The van der Waals surface area contributed by atoms with Crippen molar-refractivity contribution in [3.05, 3.63) is 224 Å². The summed E-state index contributed by atoms with van der Waals surface area (Å²) in [4.78, 5) is 2.38. The molecule has 9 rings (SSSR count). The van der Waals surface area contributed by atoms with Crippen LogP contribution in [0.15, 0.2) is 224 Å². The van der Waals surface area contributed by atoms with E-state index in [1.165, 1.54) is 66.4 Å². The molecule has 0 radical (unpaired) electrons. The van der Waals surface area contributed by atoms with Crippen LogP contribution in [0.1, 0.15) is 0 Å². The van der Waals surface area contributed by atoms with Gasteiger partial charge in [0.05, 0.1) is 0 Å². The Bertz CT molecular complexity index is 2580. The van der Waals surface area contributed by atoms with E-state index in [0.717, 1.165) is 17.1 Å². The summed E-state index contributed by atoms with van der Waals surface area (Å²) in [6.45, 7) is 0. The zero-order valence-corrected chi connectivity index (χ0v) is 29.3. The molecule has 0 spiro atoms. The Labute approximate surface area is 311 Å². The molecule has 0 aliphatic carbocycles. The van der Waals surface area contributed by atoms with Crippen LogP contribution in [0.2, 0.25) is 0 Å². The standard InChI is InChI=1S/C52H37N/c1-4-15-38(16-5-1)43-23-12-25-49(36-43)53(50-26-13-24-44(37-50)52-28-14-22-42-21-10-11-27-51(42)52)48-31-29-41(30-32-48)47-34-45(39-17-6-2-7-18-39)33-46(35-47)40-19-8-3-9-20-40/h1-37H. The van der Waals surface area contributed by atoms with Gasteiger partial charge in [-0.3, -0.25) is 0 Å². The first-order chi connectivity index (χ1) is 26.3. The zero-order valence-electron chi connectivity index (χ0n) is 29.3. The van der Waals surface area contributed by atoms with Gasteiger partial charge in [0, 0.05) is 17.1 Å².